The Kier molecular flexibility index (Phi) is 6.31. The number of nitrogens with zero attached hydrogens (tertiary/aromatic N) is 2. The van der Waals surface area contributed by atoms with E-state index in [1.807, 2.05) is 24.3 Å². The Labute approximate surface area is 161 Å². The summed E-state index contributed by atoms with van der Waals surface area (Å²) < 4.78 is 21.1. The summed E-state index contributed by atoms with van der Waals surface area (Å²) >= 11 is 5.91. The molecule has 0 amide bonds. The van der Waals surface area contributed by atoms with Gasteiger partial charge in [-0.05, 0) is 29.3 Å². The zero-order valence-corrected chi connectivity index (χ0v) is 15.7. The van der Waals surface area contributed by atoms with Gasteiger partial charge in [-0.25, -0.2) is 4.98 Å². The molecule has 1 aromatic heterocycles. The number of benzene rings is 1. The number of carbonyl (C=O) groups is 1. The number of ether oxygens (including phenoxy) is 4. The predicted octanol–water partition coefficient (Wildman–Crippen LogP) is 2.67. The fraction of sp³-hybridized carbons (Fsp3) is 0.389. The van der Waals surface area contributed by atoms with Crippen molar-refractivity contribution in [3.8, 4) is 11.5 Å². The van der Waals surface area contributed by atoms with Crippen LogP contribution in [0.25, 0.3) is 0 Å². The van der Waals surface area contributed by atoms with E-state index < -0.39 is 0 Å². The molecule has 0 bridgehead atoms. The summed E-state index contributed by atoms with van der Waals surface area (Å²) in [5.74, 6) is 1.31. The highest BCUT2D eigenvalue weighted by atomic mass is 35.5. The number of hydrogen-bond donors (Lipinski definition) is 1. The summed E-state index contributed by atoms with van der Waals surface area (Å²) in [7, 11) is 2.98. The minimum absolute atomic E-state index is 0.0133. The third kappa shape index (κ3) is 4.99. The second-order valence-corrected chi connectivity index (χ2v) is 6.27. The molecule has 9 heteroatoms. The van der Waals surface area contributed by atoms with Crippen LogP contribution in [-0.4, -0.2) is 43.0 Å². The molecular weight excluding hydrogens is 374 g/mol. The van der Waals surface area contributed by atoms with Gasteiger partial charge in [0.1, 0.15) is 18.6 Å². The number of nitrogens with one attached hydrogen (secondary N) is 1. The van der Waals surface area contributed by atoms with Crippen LogP contribution in [0.5, 0.6) is 11.5 Å². The van der Waals surface area contributed by atoms with Crippen LogP contribution in [-0.2, 0) is 20.9 Å². The van der Waals surface area contributed by atoms with Gasteiger partial charge in [0.2, 0.25) is 5.28 Å². The van der Waals surface area contributed by atoms with Crippen LogP contribution in [0, 0.1) is 5.92 Å². The lowest BCUT2D eigenvalue weighted by Gasteiger charge is -2.37. The van der Waals surface area contributed by atoms with E-state index >= 15 is 0 Å². The van der Waals surface area contributed by atoms with E-state index in [1.54, 1.807) is 7.11 Å². The molecule has 144 valence electrons. The van der Waals surface area contributed by atoms with Crippen LogP contribution in [0.1, 0.15) is 12.0 Å². The Morgan fingerprint density at radius 2 is 2.11 bits per heavy atom. The van der Waals surface area contributed by atoms with Crippen LogP contribution in [0.4, 0.5) is 5.82 Å². The fourth-order valence-corrected chi connectivity index (χ4v) is 2.66. The fourth-order valence-electron chi connectivity index (χ4n) is 2.53. The molecule has 1 N–H and O–H groups in total. The Morgan fingerprint density at radius 3 is 2.74 bits per heavy atom. The number of esters is 1. The van der Waals surface area contributed by atoms with Gasteiger partial charge in [-0.15, -0.1) is 0 Å². The zero-order valence-electron chi connectivity index (χ0n) is 15.0. The second-order valence-electron chi connectivity index (χ2n) is 5.93. The molecule has 1 aromatic carbocycles. The van der Waals surface area contributed by atoms with Crippen LogP contribution >= 0.6 is 11.6 Å². The standard InChI is InChI=1S/C18H20ClN3O5/c1-24-13-5-3-11(4-6-13)9-26-14-8-20-18(19)22-16(14)21-17-12(10-27-17)7-15(23)25-2/h3-6,8,12,17H,7,9-10H2,1-2H3,(H,20,21,22). The lowest BCUT2D eigenvalue weighted by Crippen LogP contribution is -2.46. The largest absolute Gasteiger partial charge is 0.497 e. The predicted molar refractivity (Wildman–Crippen MR) is 97.9 cm³/mol. The van der Waals surface area contributed by atoms with Gasteiger partial charge >= 0.3 is 5.97 Å². The van der Waals surface area contributed by atoms with Crippen LogP contribution in [0.2, 0.25) is 5.28 Å². The van der Waals surface area contributed by atoms with E-state index in [-0.39, 0.29) is 29.8 Å². The molecule has 2 atom stereocenters. The van der Waals surface area contributed by atoms with E-state index in [0.29, 0.717) is 24.8 Å². The van der Waals surface area contributed by atoms with E-state index in [9.17, 15) is 4.79 Å². The normalized spacial score (nSPS) is 18.3. The molecule has 2 aromatic rings. The molecule has 8 nitrogen and oxygen atoms in total. The van der Waals surface area contributed by atoms with Crippen molar-refractivity contribution < 1.29 is 23.7 Å². The van der Waals surface area contributed by atoms with Crippen molar-refractivity contribution in [2.24, 2.45) is 5.92 Å². The highest BCUT2D eigenvalue weighted by Gasteiger charge is 2.35. The van der Waals surface area contributed by atoms with E-state index in [4.69, 9.17) is 30.5 Å². The SMILES string of the molecule is COC(=O)CC1COC1Nc1nc(Cl)ncc1OCc1ccc(OC)cc1. The Bertz CT molecular complexity index is 787. The van der Waals surface area contributed by atoms with Gasteiger partial charge < -0.3 is 24.3 Å². The Balaban J connectivity index is 1.65. The summed E-state index contributed by atoms with van der Waals surface area (Å²) in [6.07, 6.45) is 1.38. The second kappa shape index (κ2) is 8.88. The van der Waals surface area contributed by atoms with Gasteiger partial charge in [-0.1, -0.05) is 12.1 Å². The first kappa shape index (κ1) is 19.2. The number of aromatic nitrogens is 2. The van der Waals surface area contributed by atoms with Crippen LogP contribution in [0.3, 0.4) is 0 Å². The number of carbonyl (C=O) groups excluding carboxylic acids is 1. The lowest BCUT2D eigenvalue weighted by molar-refractivity contribution is -0.152. The Morgan fingerprint density at radius 1 is 1.33 bits per heavy atom. The molecule has 0 aliphatic carbocycles. The molecule has 1 saturated heterocycles. The molecule has 3 rings (SSSR count). The molecule has 0 radical (unpaired) electrons. The first-order valence-electron chi connectivity index (χ1n) is 8.32. The maximum Gasteiger partial charge on any atom is 0.306 e. The van der Waals surface area contributed by atoms with Crippen molar-refractivity contribution in [2.45, 2.75) is 19.3 Å². The van der Waals surface area contributed by atoms with Crippen molar-refractivity contribution in [1.82, 2.24) is 9.97 Å². The monoisotopic (exact) mass is 393 g/mol. The van der Waals surface area contributed by atoms with E-state index in [1.165, 1.54) is 13.3 Å². The number of methoxy groups -OCH3 is 2. The van der Waals surface area contributed by atoms with Gasteiger partial charge in [0.05, 0.1) is 33.4 Å². The van der Waals surface area contributed by atoms with Gasteiger partial charge in [0.15, 0.2) is 11.6 Å². The maximum atomic E-state index is 11.5. The van der Waals surface area contributed by atoms with Crippen molar-refractivity contribution in [3.63, 3.8) is 0 Å². The summed E-state index contributed by atoms with van der Waals surface area (Å²) in [6, 6.07) is 7.53. The third-order valence-electron chi connectivity index (χ3n) is 4.13. The van der Waals surface area contributed by atoms with Crippen molar-refractivity contribution in [3.05, 3.63) is 41.3 Å². The number of halogens is 1. The summed E-state index contributed by atoms with van der Waals surface area (Å²) in [5, 5.41) is 3.19. The lowest BCUT2D eigenvalue weighted by atomic mass is 10.00. The summed E-state index contributed by atoms with van der Waals surface area (Å²) in [6.45, 7) is 0.786. The maximum absolute atomic E-state index is 11.5. The van der Waals surface area contributed by atoms with Crippen LogP contribution < -0.4 is 14.8 Å². The molecule has 2 unspecified atom stereocenters. The van der Waals surface area contributed by atoms with Gasteiger partial charge in [-0.2, -0.15) is 4.98 Å². The van der Waals surface area contributed by atoms with E-state index in [2.05, 4.69) is 15.3 Å². The minimum atomic E-state index is -0.376. The summed E-state index contributed by atoms with van der Waals surface area (Å²) in [5.41, 5.74) is 0.958. The first-order chi connectivity index (χ1) is 13.1. The average Bonchev–Trinajstić information content (AvgIpc) is 2.68. The molecule has 1 aliphatic rings. The average molecular weight is 394 g/mol. The molecular formula is C18H20ClN3O5. The Hall–Kier alpha value is -2.58. The summed E-state index contributed by atoms with van der Waals surface area (Å²) in [4.78, 5) is 19.6. The van der Waals surface area contributed by atoms with Crippen molar-refractivity contribution >= 4 is 23.4 Å². The first-order valence-corrected chi connectivity index (χ1v) is 8.70. The van der Waals surface area contributed by atoms with E-state index in [0.717, 1.165) is 11.3 Å². The molecule has 0 saturated carbocycles. The zero-order chi connectivity index (χ0) is 19.2. The van der Waals surface area contributed by atoms with Gasteiger partial charge in [0.25, 0.3) is 0 Å². The number of anilines is 1. The minimum Gasteiger partial charge on any atom is -0.497 e. The number of hydrogen-bond acceptors (Lipinski definition) is 8. The molecule has 1 fully saturated rings. The molecule has 0 spiro atoms. The highest BCUT2D eigenvalue weighted by Crippen LogP contribution is 2.30. The molecule has 1 aliphatic heterocycles. The van der Waals surface area contributed by atoms with Crippen LogP contribution in [0.15, 0.2) is 30.5 Å². The quantitative estimate of drug-likeness (QED) is 0.540. The molecule has 2 heterocycles. The van der Waals surface area contributed by atoms with Crippen molar-refractivity contribution in [2.75, 3.05) is 26.1 Å². The molecule has 27 heavy (non-hydrogen) atoms. The highest BCUT2D eigenvalue weighted by molar-refractivity contribution is 6.28. The van der Waals surface area contributed by atoms with Crippen molar-refractivity contribution in [1.29, 1.82) is 0 Å². The van der Waals surface area contributed by atoms with Gasteiger partial charge in [-0.3, -0.25) is 4.79 Å². The smallest absolute Gasteiger partial charge is 0.306 e. The number of rotatable bonds is 8. The third-order valence-corrected chi connectivity index (χ3v) is 4.31. The topological polar surface area (TPSA) is 91.8 Å². The van der Waals surface area contributed by atoms with Gasteiger partial charge in [0, 0.05) is 5.92 Å².